The van der Waals surface area contributed by atoms with Crippen LogP contribution in [0.3, 0.4) is 0 Å². The number of fused-ring (bicyclic) bond motifs is 1. The number of carbonyl (C=O) groups excluding carboxylic acids is 2. The maximum atomic E-state index is 13.9. The van der Waals surface area contributed by atoms with Crippen LogP contribution in [0, 0.1) is 0 Å². The fourth-order valence-electron chi connectivity index (χ4n) is 5.59. The number of carbonyl (C=O) groups is 2. The molecule has 4 rings (SSSR count). The number of anilines is 1. The van der Waals surface area contributed by atoms with Gasteiger partial charge in [0.2, 0.25) is 5.91 Å². The number of nitrogens with two attached hydrogens (primary N) is 1. The van der Waals surface area contributed by atoms with Crippen LogP contribution in [-0.2, 0) is 15.7 Å². The number of amides is 1. The summed E-state index contributed by atoms with van der Waals surface area (Å²) in [5.74, 6) is 1.33. The quantitative estimate of drug-likeness (QED) is 0.222. The molecule has 0 spiro atoms. The normalized spacial score (nSPS) is 16.4. The van der Waals surface area contributed by atoms with Gasteiger partial charge in [-0.05, 0) is 62.8 Å². The molecule has 1 aliphatic heterocycles. The van der Waals surface area contributed by atoms with E-state index in [-0.39, 0.29) is 28.7 Å². The molecule has 1 aromatic heterocycles. The number of ketones is 1. The summed E-state index contributed by atoms with van der Waals surface area (Å²) in [6.45, 7) is 9.08. The Labute approximate surface area is 225 Å². The van der Waals surface area contributed by atoms with Crippen LogP contribution in [-0.4, -0.2) is 28.1 Å². The Hall–Kier alpha value is -3.61. The number of rotatable bonds is 12. The van der Waals surface area contributed by atoms with Gasteiger partial charge in [-0.15, -0.1) is 0 Å². The minimum atomic E-state index is -0.321. The van der Waals surface area contributed by atoms with E-state index in [9.17, 15) is 9.59 Å². The van der Waals surface area contributed by atoms with Crippen molar-refractivity contribution in [2.45, 2.75) is 83.2 Å². The van der Waals surface area contributed by atoms with Gasteiger partial charge in [-0.25, -0.2) is 4.68 Å². The topological polar surface area (TPSA) is 99.2 Å². The fourth-order valence-corrected chi connectivity index (χ4v) is 5.59. The highest BCUT2D eigenvalue weighted by Crippen LogP contribution is 2.42. The summed E-state index contributed by atoms with van der Waals surface area (Å²) in [7, 11) is 0. The van der Waals surface area contributed by atoms with Crippen LogP contribution in [0.1, 0.15) is 93.7 Å². The summed E-state index contributed by atoms with van der Waals surface area (Å²) in [5.41, 5.74) is 7.67. The van der Waals surface area contributed by atoms with Crippen LogP contribution in [0.5, 0.6) is 5.75 Å². The number of hydrogen-bond acceptors (Lipinski definition) is 5. The predicted molar refractivity (Wildman–Crippen MR) is 151 cm³/mol. The highest BCUT2D eigenvalue weighted by molar-refractivity contribution is 6.01. The summed E-state index contributed by atoms with van der Waals surface area (Å²) < 4.78 is 7.74. The zero-order valence-corrected chi connectivity index (χ0v) is 23.0. The van der Waals surface area contributed by atoms with Gasteiger partial charge in [0.25, 0.3) is 0 Å². The number of hydrogen-bond donors (Lipinski definition) is 2. The molecule has 1 atom stereocenters. The van der Waals surface area contributed by atoms with Crippen molar-refractivity contribution in [2.75, 3.05) is 11.9 Å². The highest BCUT2D eigenvalue weighted by atomic mass is 16.5. The van der Waals surface area contributed by atoms with Gasteiger partial charge >= 0.3 is 0 Å². The van der Waals surface area contributed by atoms with E-state index in [2.05, 4.69) is 74.5 Å². The Morgan fingerprint density at radius 3 is 2.42 bits per heavy atom. The molecule has 0 saturated heterocycles. The van der Waals surface area contributed by atoms with Crippen LogP contribution in [0.25, 0.3) is 0 Å². The largest absolute Gasteiger partial charge is 0.494 e. The van der Waals surface area contributed by atoms with Gasteiger partial charge in [-0.3, -0.25) is 9.59 Å². The number of nitrogens with zero attached hydrogens (tertiary/aromatic N) is 2. The van der Waals surface area contributed by atoms with Crippen molar-refractivity contribution in [1.29, 1.82) is 0 Å². The molecule has 202 valence electrons. The van der Waals surface area contributed by atoms with Crippen molar-refractivity contribution < 1.29 is 14.3 Å². The lowest BCUT2D eigenvalue weighted by atomic mass is 9.71. The minimum absolute atomic E-state index is 0.0961. The maximum absolute atomic E-state index is 13.9. The van der Waals surface area contributed by atoms with Crippen LogP contribution >= 0.6 is 0 Å². The van der Waals surface area contributed by atoms with E-state index in [1.807, 2.05) is 22.9 Å². The van der Waals surface area contributed by atoms with Gasteiger partial charge < -0.3 is 15.8 Å². The second-order valence-corrected chi connectivity index (χ2v) is 11.0. The molecular weight excluding hydrogens is 476 g/mol. The molecule has 0 aliphatic carbocycles. The molecule has 38 heavy (non-hydrogen) atoms. The number of Topliss-reactive ketones (excluding diaryl/α,β-unsaturated/α-hetero) is 1. The lowest BCUT2D eigenvalue weighted by Crippen LogP contribution is -2.38. The van der Waals surface area contributed by atoms with Crippen molar-refractivity contribution in [3.8, 4) is 5.75 Å². The van der Waals surface area contributed by atoms with E-state index in [1.54, 1.807) is 6.20 Å². The van der Waals surface area contributed by atoms with Crippen molar-refractivity contribution in [1.82, 2.24) is 9.78 Å². The summed E-state index contributed by atoms with van der Waals surface area (Å²) >= 11 is 0. The van der Waals surface area contributed by atoms with E-state index >= 15 is 0 Å². The van der Waals surface area contributed by atoms with Crippen LogP contribution < -0.4 is 15.8 Å². The van der Waals surface area contributed by atoms with Crippen LogP contribution in [0.2, 0.25) is 0 Å². The Morgan fingerprint density at radius 2 is 1.79 bits per heavy atom. The Balaban J connectivity index is 1.54. The third kappa shape index (κ3) is 5.77. The Morgan fingerprint density at radius 1 is 1.11 bits per heavy atom. The van der Waals surface area contributed by atoms with Gasteiger partial charge in [0, 0.05) is 18.3 Å². The first kappa shape index (κ1) is 27.4. The van der Waals surface area contributed by atoms with Gasteiger partial charge in [0.15, 0.2) is 5.78 Å². The van der Waals surface area contributed by atoms with Crippen LogP contribution in [0.4, 0.5) is 5.82 Å². The zero-order valence-electron chi connectivity index (χ0n) is 23.0. The number of nitrogens with one attached hydrogen (secondary N) is 1. The lowest BCUT2D eigenvalue weighted by Gasteiger charge is -2.38. The zero-order chi connectivity index (χ0) is 27.3. The average molecular weight is 517 g/mol. The summed E-state index contributed by atoms with van der Waals surface area (Å²) in [5, 5.41) is 8.29. The first-order chi connectivity index (χ1) is 18.2. The molecule has 2 heterocycles. The molecule has 0 saturated carbocycles. The van der Waals surface area contributed by atoms with Crippen molar-refractivity contribution in [3.05, 3.63) is 77.5 Å². The van der Waals surface area contributed by atoms with E-state index in [1.165, 1.54) is 5.56 Å². The molecule has 7 nitrogen and oxygen atoms in total. The summed E-state index contributed by atoms with van der Waals surface area (Å²) in [6.07, 6.45) is 5.59. The average Bonchev–Trinajstić information content (AvgIpc) is 3.36. The lowest BCUT2D eigenvalue weighted by molar-refractivity contribution is -0.118. The molecule has 1 aliphatic rings. The number of ether oxygens (including phenoxy) is 1. The number of primary amides is 1. The monoisotopic (exact) mass is 516 g/mol. The third-order valence-electron chi connectivity index (χ3n) is 8.01. The first-order valence-corrected chi connectivity index (χ1v) is 13.6. The van der Waals surface area contributed by atoms with Gasteiger partial charge in [-0.2, -0.15) is 5.10 Å². The smallest absolute Gasteiger partial charge is 0.217 e. The molecule has 1 amide bonds. The molecular formula is C31H40N4O3. The second-order valence-electron chi connectivity index (χ2n) is 11.0. The highest BCUT2D eigenvalue weighted by Gasteiger charge is 2.38. The Kier molecular flexibility index (Phi) is 8.24. The van der Waals surface area contributed by atoms with E-state index in [4.69, 9.17) is 10.5 Å². The van der Waals surface area contributed by atoms with Crippen molar-refractivity contribution in [3.63, 3.8) is 0 Å². The first-order valence-electron chi connectivity index (χ1n) is 13.6. The molecule has 0 fully saturated rings. The summed E-state index contributed by atoms with van der Waals surface area (Å²) in [4.78, 5) is 24.8. The number of benzene rings is 2. The fraction of sp³-hybridized carbons (Fsp3) is 0.452. The minimum Gasteiger partial charge on any atom is -0.494 e. The van der Waals surface area contributed by atoms with Gasteiger partial charge in [0.1, 0.15) is 11.6 Å². The van der Waals surface area contributed by atoms with Gasteiger partial charge in [-0.1, -0.05) is 56.3 Å². The SMILES string of the molecule is CCC(CC)(CC(=O)c1cnn2c1NC(c1ccccc1)CC2(C)C)c1ccc(OCCCC(N)=O)cc1. The van der Waals surface area contributed by atoms with Crippen molar-refractivity contribution >= 4 is 17.5 Å². The molecule has 2 aromatic carbocycles. The molecule has 0 bridgehead atoms. The van der Waals surface area contributed by atoms with E-state index in [0.717, 1.165) is 36.4 Å². The molecule has 7 heteroatoms. The third-order valence-corrected chi connectivity index (χ3v) is 8.01. The molecule has 3 aromatic rings. The predicted octanol–water partition coefficient (Wildman–Crippen LogP) is 6.15. The standard InChI is InChI=1S/C31H40N4O3/c1-5-31(6-2,23-14-16-24(17-15-23)38-18-10-13-28(32)37)20-27(36)25-21-33-35-29(25)34-26(19-30(35,3)4)22-11-8-7-9-12-22/h7-9,11-12,14-17,21,26,34H,5-6,10,13,18-20H2,1-4H3,(H2,32,37). The maximum Gasteiger partial charge on any atom is 0.217 e. The molecule has 1 unspecified atom stereocenters. The summed E-state index contributed by atoms with van der Waals surface area (Å²) in [6, 6.07) is 18.5. The van der Waals surface area contributed by atoms with E-state index in [0.29, 0.717) is 31.4 Å². The molecule has 0 radical (unpaired) electrons. The number of aromatic nitrogens is 2. The van der Waals surface area contributed by atoms with Gasteiger partial charge in [0.05, 0.1) is 29.9 Å². The van der Waals surface area contributed by atoms with Crippen molar-refractivity contribution in [2.24, 2.45) is 5.73 Å². The molecule has 3 N–H and O–H groups in total. The second kappa shape index (κ2) is 11.4. The Bertz CT molecular complexity index is 1240. The van der Waals surface area contributed by atoms with E-state index < -0.39 is 0 Å². The van der Waals surface area contributed by atoms with Crippen LogP contribution in [0.15, 0.2) is 60.8 Å².